The third-order valence-corrected chi connectivity index (χ3v) is 7.18. The molecule has 194 valence electrons. The molecule has 6 nitrogen and oxygen atoms in total. The maximum absolute atomic E-state index is 12.8. The molecule has 1 aliphatic heterocycles. The molecular weight excluding hydrogens is 460 g/mol. The number of carbonyl (C=O) groups is 2. The maximum Gasteiger partial charge on any atom is 0.308 e. The van der Waals surface area contributed by atoms with Crippen molar-refractivity contribution in [1.29, 1.82) is 5.26 Å². The van der Waals surface area contributed by atoms with E-state index in [-0.39, 0.29) is 18.1 Å². The molecule has 0 saturated heterocycles. The molecule has 0 saturated carbocycles. The van der Waals surface area contributed by atoms with Gasteiger partial charge < -0.3 is 9.84 Å². The summed E-state index contributed by atoms with van der Waals surface area (Å²) in [4.78, 5) is 28.8. The summed E-state index contributed by atoms with van der Waals surface area (Å²) in [6.45, 7) is 11.9. The van der Waals surface area contributed by atoms with Crippen LogP contribution in [0.15, 0.2) is 23.1 Å². The summed E-state index contributed by atoms with van der Waals surface area (Å²) in [6.07, 6.45) is 10.0. The van der Waals surface area contributed by atoms with Gasteiger partial charge in [-0.2, -0.15) is 5.26 Å². The molecular formula is C28H42N2O4S. The number of carbonyl (C=O) groups excluding carboxylic acids is 2. The number of esters is 1. The van der Waals surface area contributed by atoms with Gasteiger partial charge in [0.05, 0.1) is 42.7 Å². The van der Waals surface area contributed by atoms with Gasteiger partial charge in [0.15, 0.2) is 0 Å². The van der Waals surface area contributed by atoms with Gasteiger partial charge in [-0.1, -0.05) is 51.8 Å². The van der Waals surface area contributed by atoms with Crippen LogP contribution in [0, 0.1) is 28.6 Å². The van der Waals surface area contributed by atoms with E-state index in [1.807, 2.05) is 31.4 Å². The zero-order chi connectivity index (χ0) is 26.4. The summed E-state index contributed by atoms with van der Waals surface area (Å²) in [7, 11) is 0. The van der Waals surface area contributed by atoms with Gasteiger partial charge >= 0.3 is 5.97 Å². The molecule has 3 unspecified atom stereocenters. The van der Waals surface area contributed by atoms with E-state index in [9.17, 15) is 14.7 Å². The van der Waals surface area contributed by atoms with E-state index in [1.165, 1.54) is 16.9 Å². The first kappa shape index (κ1) is 30.7. The van der Waals surface area contributed by atoms with Crippen LogP contribution in [-0.2, 0) is 20.7 Å². The highest BCUT2D eigenvalue weighted by molar-refractivity contribution is 7.09. The molecule has 0 fully saturated rings. The number of cyclic esters (lactones) is 1. The number of ether oxygens (including phenoxy) is 1. The van der Waals surface area contributed by atoms with Gasteiger partial charge in [0.2, 0.25) is 0 Å². The number of ketones is 1. The van der Waals surface area contributed by atoms with Crippen molar-refractivity contribution in [2.24, 2.45) is 17.3 Å². The second kappa shape index (κ2) is 15.6. The monoisotopic (exact) mass is 502 g/mol. The van der Waals surface area contributed by atoms with Crippen molar-refractivity contribution in [2.45, 2.75) is 92.6 Å². The molecule has 1 aromatic heterocycles. The highest BCUT2D eigenvalue weighted by Crippen LogP contribution is 2.31. The van der Waals surface area contributed by atoms with Crippen LogP contribution in [-0.4, -0.2) is 34.6 Å². The van der Waals surface area contributed by atoms with Crippen molar-refractivity contribution < 1.29 is 19.4 Å². The molecule has 0 amide bonds. The Morgan fingerprint density at radius 3 is 2.71 bits per heavy atom. The smallest absolute Gasteiger partial charge is 0.308 e. The average molecular weight is 503 g/mol. The Hall–Kier alpha value is -2.30. The molecule has 1 aliphatic rings. The zero-order valence-electron chi connectivity index (χ0n) is 22.2. The molecule has 0 aliphatic carbocycles. The highest BCUT2D eigenvalue weighted by atomic mass is 32.1. The van der Waals surface area contributed by atoms with E-state index in [1.54, 1.807) is 13.8 Å². The molecule has 0 spiro atoms. The highest BCUT2D eigenvalue weighted by Gasteiger charge is 2.39. The standard InChI is InChI=1S/C20H34O4.C8H8N2S/c1-14-8-6-9-15(2)12-16(3)19(23)20(4,5)17(21)13-18(22)24-11-7-10-14;1-2-3-7-6-11-8(10-7)4-5-9/h10,15-17,21H,6-9,11-13H2,1-5H3;2-3,6H,4H2,1H3/b14-10-;3-2-. The van der Waals surface area contributed by atoms with Crippen molar-refractivity contribution in [3.8, 4) is 6.07 Å². The van der Waals surface area contributed by atoms with Crippen LogP contribution in [0.2, 0.25) is 0 Å². The molecule has 3 atom stereocenters. The Kier molecular flexibility index (Phi) is 13.7. The molecule has 35 heavy (non-hydrogen) atoms. The third kappa shape index (κ3) is 11.3. The normalized spacial score (nSPS) is 26.1. The Labute approximate surface area is 215 Å². The van der Waals surface area contributed by atoms with Gasteiger partial charge in [-0.3, -0.25) is 9.59 Å². The van der Waals surface area contributed by atoms with Gasteiger partial charge in [0.1, 0.15) is 10.8 Å². The Balaban J connectivity index is 0.000000462. The molecule has 1 N–H and O–H groups in total. The molecule has 2 rings (SSSR count). The van der Waals surface area contributed by atoms with E-state index in [0.29, 0.717) is 25.4 Å². The lowest BCUT2D eigenvalue weighted by atomic mass is 9.74. The predicted molar refractivity (Wildman–Crippen MR) is 142 cm³/mol. The van der Waals surface area contributed by atoms with Crippen molar-refractivity contribution in [1.82, 2.24) is 4.98 Å². The van der Waals surface area contributed by atoms with E-state index in [0.717, 1.165) is 36.4 Å². The number of aromatic nitrogens is 1. The molecule has 7 heteroatoms. The number of aliphatic hydroxyl groups is 1. The topological polar surface area (TPSA) is 100 Å². The van der Waals surface area contributed by atoms with E-state index >= 15 is 0 Å². The summed E-state index contributed by atoms with van der Waals surface area (Å²) >= 11 is 1.53. The number of thiazole rings is 1. The van der Waals surface area contributed by atoms with Crippen molar-refractivity contribution in [3.05, 3.63) is 33.8 Å². The number of aliphatic hydroxyl groups excluding tert-OH is 1. The van der Waals surface area contributed by atoms with Crippen molar-refractivity contribution >= 4 is 29.2 Å². The quantitative estimate of drug-likeness (QED) is 0.376. The van der Waals surface area contributed by atoms with Crippen LogP contribution < -0.4 is 0 Å². The number of nitrogens with zero attached hydrogens (tertiary/aromatic N) is 2. The number of hydrogen-bond acceptors (Lipinski definition) is 7. The summed E-state index contributed by atoms with van der Waals surface area (Å²) in [5, 5.41) is 21.6. The summed E-state index contributed by atoms with van der Waals surface area (Å²) in [6, 6.07) is 2.06. The van der Waals surface area contributed by atoms with Crippen molar-refractivity contribution in [2.75, 3.05) is 6.61 Å². The number of nitriles is 1. The molecule has 0 radical (unpaired) electrons. The second-order valence-corrected chi connectivity index (χ2v) is 10.9. The lowest BCUT2D eigenvalue weighted by Crippen LogP contribution is -2.42. The van der Waals surface area contributed by atoms with E-state index in [2.05, 4.69) is 31.0 Å². The minimum absolute atomic E-state index is 0.0258. The van der Waals surface area contributed by atoms with Crippen LogP contribution in [0.1, 0.15) is 90.8 Å². The van der Waals surface area contributed by atoms with Gasteiger partial charge in [-0.15, -0.1) is 11.3 Å². The van der Waals surface area contributed by atoms with E-state index < -0.39 is 17.5 Å². The Morgan fingerprint density at radius 1 is 1.34 bits per heavy atom. The second-order valence-electron chi connectivity index (χ2n) is 10.0. The van der Waals surface area contributed by atoms with E-state index in [4.69, 9.17) is 10.00 Å². The molecule has 2 heterocycles. The Bertz CT molecular complexity index is 910. The number of rotatable bonds is 2. The van der Waals surface area contributed by atoms with Gasteiger partial charge in [-0.25, -0.2) is 4.98 Å². The average Bonchev–Trinajstić information content (AvgIpc) is 3.23. The van der Waals surface area contributed by atoms with Crippen LogP contribution in [0.5, 0.6) is 0 Å². The zero-order valence-corrected chi connectivity index (χ0v) is 23.0. The van der Waals surface area contributed by atoms with Crippen LogP contribution in [0.4, 0.5) is 0 Å². The lowest BCUT2D eigenvalue weighted by molar-refractivity contribution is -0.150. The summed E-state index contributed by atoms with van der Waals surface area (Å²) in [5.74, 6) is -0.0619. The largest absolute Gasteiger partial charge is 0.465 e. The minimum atomic E-state index is -1.01. The number of hydrogen-bond donors (Lipinski definition) is 1. The summed E-state index contributed by atoms with van der Waals surface area (Å²) < 4.78 is 5.18. The fourth-order valence-electron chi connectivity index (χ4n) is 4.13. The maximum atomic E-state index is 12.8. The van der Waals surface area contributed by atoms with Crippen LogP contribution >= 0.6 is 11.3 Å². The fraction of sp³-hybridized carbons (Fsp3) is 0.643. The first-order chi connectivity index (χ1) is 16.5. The first-order valence-corrected chi connectivity index (χ1v) is 13.4. The fourth-order valence-corrected chi connectivity index (χ4v) is 4.82. The first-order valence-electron chi connectivity index (χ1n) is 12.5. The molecule has 0 aromatic carbocycles. The minimum Gasteiger partial charge on any atom is -0.465 e. The van der Waals surface area contributed by atoms with Crippen LogP contribution in [0.25, 0.3) is 6.08 Å². The van der Waals surface area contributed by atoms with Gasteiger partial charge in [0.25, 0.3) is 0 Å². The summed E-state index contributed by atoms with van der Waals surface area (Å²) in [5.41, 5.74) is 1.32. The Morgan fingerprint density at radius 2 is 2.06 bits per heavy atom. The molecule has 1 aromatic rings. The van der Waals surface area contributed by atoms with Crippen molar-refractivity contribution in [3.63, 3.8) is 0 Å². The molecule has 0 bridgehead atoms. The van der Waals surface area contributed by atoms with Gasteiger partial charge in [-0.05, 0) is 51.5 Å². The predicted octanol–water partition coefficient (Wildman–Crippen LogP) is 6.30. The third-order valence-electron chi connectivity index (χ3n) is 6.31. The van der Waals surface area contributed by atoms with Crippen LogP contribution in [0.3, 0.4) is 0 Å². The van der Waals surface area contributed by atoms with Gasteiger partial charge in [0, 0.05) is 11.3 Å². The SMILES string of the molecule is C/C1=C/CCOC(=O)CC(O)C(C)(C)C(=O)C(C)CC(C)CCC1.C/C=C\c1csc(CC#N)n1. The lowest BCUT2D eigenvalue weighted by Gasteiger charge is -2.32. The number of Topliss-reactive ketones (excluding diaryl/α,β-unsaturated/α-hetero) is 1. The number of allylic oxidation sites excluding steroid dienone is 2.